The minimum absolute atomic E-state index is 0.228. The molecule has 2 amide bonds. The number of anilines is 1. The third-order valence-electron chi connectivity index (χ3n) is 4.15. The zero-order chi connectivity index (χ0) is 18.5. The van der Waals surface area contributed by atoms with Crippen LogP contribution in [-0.4, -0.2) is 38.0 Å². The van der Waals surface area contributed by atoms with Crippen molar-refractivity contribution in [2.75, 3.05) is 11.9 Å². The third kappa shape index (κ3) is 4.27. The van der Waals surface area contributed by atoms with Crippen LogP contribution < -0.4 is 10.6 Å². The molecule has 3 rings (SSSR count). The van der Waals surface area contributed by atoms with E-state index in [2.05, 4.69) is 36.0 Å². The van der Waals surface area contributed by atoms with Gasteiger partial charge in [-0.3, -0.25) is 10.2 Å². The number of hydrogen-bond donors (Lipinski definition) is 4. The Morgan fingerprint density at radius 2 is 2.00 bits per heavy atom. The Hall–Kier alpha value is -3.16. The standard InChI is InChI=1S/C18H23N7O/c1-11-16(12(2)23-22-11)8-5-9-19-18(26)21-15-7-4-6-14(10-15)17-20-13(3)24-25-17/h4,6-7,10H,5,8-9H2,1-3H3,(H,22,23)(H2,19,21,26)(H,20,24,25). The van der Waals surface area contributed by atoms with E-state index in [1.54, 1.807) is 0 Å². The van der Waals surface area contributed by atoms with Crippen LogP contribution in [0.15, 0.2) is 24.3 Å². The van der Waals surface area contributed by atoms with E-state index >= 15 is 0 Å². The Kier molecular flexibility index (Phi) is 5.31. The van der Waals surface area contributed by atoms with E-state index < -0.39 is 0 Å². The van der Waals surface area contributed by atoms with E-state index in [0.29, 0.717) is 18.1 Å². The summed E-state index contributed by atoms with van der Waals surface area (Å²) in [6.07, 6.45) is 1.74. The first-order valence-corrected chi connectivity index (χ1v) is 8.57. The monoisotopic (exact) mass is 353 g/mol. The smallest absolute Gasteiger partial charge is 0.319 e. The first-order valence-electron chi connectivity index (χ1n) is 8.57. The molecular formula is C18H23N7O. The number of carbonyl (C=O) groups excluding carboxylic acids is 1. The Balaban J connectivity index is 1.49. The molecule has 0 aliphatic heterocycles. The van der Waals surface area contributed by atoms with Gasteiger partial charge in [-0.1, -0.05) is 12.1 Å². The molecule has 0 fully saturated rings. The molecule has 2 aromatic heterocycles. The molecule has 26 heavy (non-hydrogen) atoms. The number of benzene rings is 1. The highest BCUT2D eigenvalue weighted by Crippen LogP contribution is 2.19. The first-order chi connectivity index (χ1) is 12.5. The van der Waals surface area contributed by atoms with Crippen LogP contribution in [0.2, 0.25) is 0 Å². The van der Waals surface area contributed by atoms with Gasteiger partial charge in [0.1, 0.15) is 5.82 Å². The van der Waals surface area contributed by atoms with Crippen LogP contribution in [0, 0.1) is 20.8 Å². The summed E-state index contributed by atoms with van der Waals surface area (Å²) >= 11 is 0. The Labute approximate surface area is 151 Å². The van der Waals surface area contributed by atoms with Gasteiger partial charge < -0.3 is 10.6 Å². The number of urea groups is 1. The van der Waals surface area contributed by atoms with Crippen molar-refractivity contribution in [3.63, 3.8) is 0 Å². The van der Waals surface area contributed by atoms with Crippen LogP contribution in [0.25, 0.3) is 11.4 Å². The predicted molar refractivity (Wildman–Crippen MR) is 100.0 cm³/mol. The summed E-state index contributed by atoms with van der Waals surface area (Å²) in [5.41, 5.74) is 4.88. The van der Waals surface area contributed by atoms with Crippen molar-refractivity contribution >= 4 is 11.7 Å². The van der Waals surface area contributed by atoms with Crippen LogP contribution in [-0.2, 0) is 6.42 Å². The summed E-state index contributed by atoms with van der Waals surface area (Å²) in [6.45, 7) is 6.44. The van der Waals surface area contributed by atoms with E-state index in [9.17, 15) is 4.79 Å². The van der Waals surface area contributed by atoms with Crippen molar-refractivity contribution in [2.45, 2.75) is 33.6 Å². The molecule has 0 saturated carbocycles. The highest BCUT2D eigenvalue weighted by Gasteiger charge is 2.08. The zero-order valence-electron chi connectivity index (χ0n) is 15.2. The molecule has 136 valence electrons. The summed E-state index contributed by atoms with van der Waals surface area (Å²) in [6, 6.07) is 7.22. The lowest BCUT2D eigenvalue weighted by Gasteiger charge is -2.08. The van der Waals surface area contributed by atoms with E-state index in [4.69, 9.17) is 0 Å². The molecule has 3 aromatic rings. The quantitative estimate of drug-likeness (QED) is 0.511. The SMILES string of the molecule is Cc1nc(-c2cccc(NC(=O)NCCCc3c(C)n[nH]c3C)c2)n[nH]1. The van der Waals surface area contributed by atoms with Gasteiger partial charge >= 0.3 is 6.03 Å². The second-order valence-electron chi connectivity index (χ2n) is 6.22. The van der Waals surface area contributed by atoms with Gasteiger partial charge in [0.25, 0.3) is 0 Å². The van der Waals surface area contributed by atoms with Gasteiger partial charge in [0.2, 0.25) is 0 Å². The van der Waals surface area contributed by atoms with Crippen molar-refractivity contribution in [3.05, 3.63) is 47.0 Å². The van der Waals surface area contributed by atoms with Crippen molar-refractivity contribution in [1.82, 2.24) is 30.7 Å². The van der Waals surface area contributed by atoms with E-state index in [1.807, 2.05) is 45.0 Å². The molecule has 0 bridgehead atoms. The third-order valence-corrected chi connectivity index (χ3v) is 4.15. The lowest BCUT2D eigenvalue weighted by atomic mass is 10.1. The molecule has 0 saturated heterocycles. The summed E-state index contributed by atoms with van der Waals surface area (Å²) in [4.78, 5) is 16.4. The lowest BCUT2D eigenvalue weighted by Crippen LogP contribution is -2.29. The van der Waals surface area contributed by atoms with Crippen molar-refractivity contribution < 1.29 is 4.79 Å². The summed E-state index contributed by atoms with van der Waals surface area (Å²) < 4.78 is 0. The number of hydrogen-bond acceptors (Lipinski definition) is 4. The number of aromatic nitrogens is 5. The maximum atomic E-state index is 12.1. The molecule has 4 N–H and O–H groups in total. The highest BCUT2D eigenvalue weighted by molar-refractivity contribution is 5.89. The molecule has 2 heterocycles. The summed E-state index contributed by atoms with van der Waals surface area (Å²) in [5.74, 6) is 1.36. The van der Waals surface area contributed by atoms with Gasteiger partial charge in [0.15, 0.2) is 5.82 Å². The number of rotatable bonds is 6. The number of nitrogens with zero attached hydrogens (tertiary/aromatic N) is 3. The fraction of sp³-hybridized carbons (Fsp3) is 0.333. The van der Waals surface area contributed by atoms with Crippen molar-refractivity contribution in [3.8, 4) is 11.4 Å². The maximum absolute atomic E-state index is 12.1. The van der Waals surface area contributed by atoms with Gasteiger partial charge in [-0.2, -0.15) is 10.2 Å². The van der Waals surface area contributed by atoms with E-state index in [1.165, 1.54) is 5.56 Å². The summed E-state index contributed by atoms with van der Waals surface area (Å²) in [7, 11) is 0. The minimum Gasteiger partial charge on any atom is -0.338 e. The predicted octanol–water partition coefficient (Wildman–Crippen LogP) is 2.87. The van der Waals surface area contributed by atoms with Crippen LogP contribution in [0.3, 0.4) is 0 Å². The molecule has 0 aliphatic rings. The molecule has 8 heteroatoms. The molecule has 0 aliphatic carbocycles. The second kappa shape index (κ2) is 7.81. The largest absolute Gasteiger partial charge is 0.338 e. The molecule has 0 radical (unpaired) electrons. The zero-order valence-corrected chi connectivity index (χ0v) is 15.2. The van der Waals surface area contributed by atoms with Crippen molar-refractivity contribution in [2.24, 2.45) is 0 Å². The Morgan fingerprint density at radius 3 is 2.69 bits per heavy atom. The molecule has 0 spiro atoms. The molecule has 8 nitrogen and oxygen atoms in total. The minimum atomic E-state index is -0.228. The normalized spacial score (nSPS) is 10.7. The van der Waals surface area contributed by atoms with Crippen LogP contribution >= 0.6 is 0 Å². The number of aromatic amines is 2. The lowest BCUT2D eigenvalue weighted by molar-refractivity contribution is 0.252. The number of aryl methyl sites for hydroxylation is 3. The van der Waals surface area contributed by atoms with E-state index in [-0.39, 0.29) is 6.03 Å². The summed E-state index contributed by atoms with van der Waals surface area (Å²) in [5, 5.41) is 19.8. The fourth-order valence-corrected chi connectivity index (χ4v) is 2.79. The van der Waals surface area contributed by atoms with Crippen LogP contribution in [0.1, 0.15) is 29.2 Å². The van der Waals surface area contributed by atoms with Gasteiger partial charge in [-0.15, -0.1) is 0 Å². The Bertz CT molecular complexity index is 877. The Morgan fingerprint density at radius 1 is 1.15 bits per heavy atom. The van der Waals surface area contributed by atoms with Gasteiger partial charge in [0.05, 0.1) is 5.69 Å². The van der Waals surface area contributed by atoms with Crippen LogP contribution in [0.4, 0.5) is 10.5 Å². The first kappa shape index (κ1) is 17.7. The maximum Gasteiger partial charge on any atom is 0.319 e. The number of carbonyl (C=O) groups is 1. The number of H-pyrrole nitrogens is 2. The molecule has 0 atom stereocenters. The second-order valence-corrected chi connectivity index (χ2v) is 6.22. The number of amides is 2. The molecular weight excluding hydrogens is 330 g/mol. The topological polar surface area (TPSA) is 111 Å². The number of nitrogens with one attached hydrogen (secondary N) is 4. The van der Waals surface area contributed by atoms with Gasteiger partial charge in [-0.25, -0.2) is 9.78 Å². The van der Waals surface area contributed by atoms with Crippen LogP contribution in [0.5, 0.6) is 0 Å². The average molecular weight is 353 g/mol. The van der Waals surface area contributed by atoms with Gasteiger partial charge in [-0.05, 0) is 51.3 Å². The van der Waals surface area contributed by atoms with Crippen molar-refractivity contribution in [1.29, 1.82) is 0 Å². The average Bonchev–Trinajstić information content (AvgIpc) is 3.18. The highest BCUT2D eigenvalue weighted by atomic mass is 16.2. The van der Waals surface area contributed by atoms with E-state index in [0.717, 1.165) is 35.6 Å². The fourth-order valence-electron chi connectivity index (χ4n) is 2.79. The molecule has 0 unspecified atom stereocenters. The van der Waals surface area contributed by atoms with Gasteiger partial charge in [0, 0.05) is 23.5 Å². The molecule has 1 aromatic carbocycles.